The highest BCUT2D eigenvalue weighted by molar-refractivity contribution is 7.21. The van der Waals surface area contributed by atoms with Crippen molar-refractivity contribution >= 4 is 39.0 Å². The molecule has 198 valence electrons. The van der Waals surface area contributed by atoms with E-state index in [1.165, 1.54) is 0 Å². The van der Waals surface area contributed by atoms with Crippen LogP contribution in [0.15, 0.2) is 42.9 Å². The van der Waals surface area contributed by atoms with Crippen LogP contribution in [0.4, 0.5) is 11.8 Å². The van der Waals surface area contributed by atoms with Gasteiger partial charge in [-0.2, -0.15) is 4.98 Å². The van der Waals surface area contributed by atoms with Gasteiger partial charge in [0, 0.05) is 25.1 Å². The van der Waals surface area contributed by atoms with Gasteiger partial charge in [-0.15, -0.1) is 11.3 Å². The maximum absolute atomic E-state index is 10.5. The summed E-state index contributed by atoms with van der Waals surface area (Å²) in [5, 5.41) is 18.3. The number of pyridine rings is 2. The molecule has 1 atom stereocenters. The first-order valence-electron chi connectivity index (χ1n) is 13.0. The van der Waals surface area contributed by atoms with Gasteiger partial charge in [0.1, 0.15) is 22.0 Å². The average molecular weight is 531 g/mol. The zero-order chi connectivity index (χ0) is 26.9. The number of aryl methyl sites for hydroxylation is 2. The van der Waals surface area contributed by atoms with Crippen molar-refractivity contribution in [2.45, 2.75) is 59.6 Å². The van der Waals surface area contributed by atoms with Gasteiger partial charge in [-0.05, 0) is 58.2 Å². The van der Waals surface area contributed by atoms with Crippen LogP contribution in [0.25, 0.3) is 26.4 Å². The van der Waals surface area contributed by atoms with Crippen molar-refractivity contribution in [3.8, 4) is 10.6 Å². The first kappa shape index (κ1) is 26.0. The van der Waals surface area contributed by atoms with Gasteiger partial charge in [0.25, 0.3) is 0 Å². The number of aliphatic hydroxyl groups is 1. The number of hydrogen-bond acceptors (Lipinski definition) is 9. The van der Waals surface area contributed by atoms with Crippen molar-refractivity contribution in [2.24, 2.45) is 5.92 Å². The minimum absolute atomic E-state index is 0.171. The van der Waals surface area contributed by atoms with Gasteiger partial charge in [0.15, 0.2) is 0 Å². The van der Waals surface area contributed by atoms with Crippen molar-refractivity contribution in [2.75, 3.05) is 17.2 Å². The Morgan fingerprint density at radius 1 is 1.05 bits per heavy atom. The number of aromatic nitrogens is 6. The normalized spacial score (nSPS) is 12.8. The van der Waals surface area contributed by atoms with Crippen LogP contribution in [0.3, 0.4) is 0 Å². The van der Waals surface area contributed by atoms with E-state index in [-0.39, 0.29) is 5.92 Å². The molecule has 0 spiro atoms. The van der Waals surface area contributed by atoms with Crippen LogP contribution in [-0.4, -0.2) is 46.6 Å². The number of nitrogens with one attached hydrogen (secondary N) is 2. The summed E-state index contributed by atoms with van der Waals surface area (Å²) in [7, 11) is 0. The second-order valence-electron chi connectivity index (χ2n) is 10.1. The summed E-state index contributed by atoms with van der Waals surface area (Å²) < 4.78 is 3.08. The number of imidazole rings is 1. The van der Waals surface area contributed by atoms with Gasteiger partial charge >= 0.3 is 0 Å². The van der Waals surface area contributed by atoms with Gasteiger partial charge < -0.3 is 20.1 Å². The molecule has 0 aliphatic heterocycles. The van der Waals surface area contributed by atoms with Crippen LogP contribution in [0.5, 0.6) is 0 Å². The summed E-state index contributed by atoms with van der Waals surface area (Å²) in [5.41, 5.74) is 4.59. The van der Waals surface area contributed by atoms with Gasteiger partial charge in [-0.1, -0.05) is 19.4 Å². The molecule has 0 bridgehead atoms. The highest BCUT2D eigenvalue weighted by Gasteiger charge is 2.25. The molecule has 5 heterocycles. The maximum Gasteiger partial charge on any atom is 0.225 e. The highest BCUT2D eigenvalue weighted by Crippen LogP contribution is 2.37. The van der Waals surface area contributed by atoms with E-state index >= 15 is 0 Å². The smallest absolute Gasteiger partial charge is 0.225 e. The number of thiazole rings is 1. The second-order valence-corrected chi connectivity index (χ2v) is 11.2. The Kier molecular flexibility index (Phi) is 7.27. The number of fused-ring (bicyclic) bond motifs is 2. The third-order valence-corrected chi connectivity index (χ3v) is 7.95. The van der Waals surface area contributed by atoms with Crippen LogP contribution in [-0.2, 0) is 6.54 Å². The largest absolute Gasteiger partial charge is 0.390 e. The summed E-state index contributed by atoms with van der Waals surface area (Å²) in [6.45, 7) is 11.0. The Morgan fingerprint density at radius 3 is 2.63 bits per heavy atom. The highest BCUT2D eigenvalue weighted by atomic mass is 32.1. The van der Waals surface area contributed by atoms with Crippen molar-refractivity contribution in [1.82, 2.24) is 29.3 Å². The molecule has 0 aliphatic carbocycles. The van der Waals surface area contributed by atoms with Gasteiger partial charge in [0.05, 0.1) is 39.5 Å². The van der Waals surface area contributed by atoms with E-state index < -0.39 is 5.60 Å². The molecule has 0 saturated heterocycles. The SMILES string of the molecule is CCC(CCNc1nc(NCc2cn3ccccc3n2)nc(C)c1-c1nc2c(C)nccc2s1)C(C)(C)O. The van der Waals surface area contributed by atoms with E-state index in [0.29, 0.717) is 19.0 Å². The number of anilines is 2. The van der Waals surface area contributed by atoms with Gasteiger partial charge in [0.2, 0.25) is 5.95 Å². The van der Waals surface area contributed by atoms with Crippen LogP contribution >= 0.6 is 11.3 Å². The Bertz CT molecular complexity index is 1540. The van der Waals surface area contributed by atoms with E-state index in [9.17, 15) is 5.11 Å². The molecule has 10 heteroatoms. The van der Waals surface area contributed by atoms with Crippen molar-refractivity contribution in [3.05, 3.63) is 59.9 Å². The molecule has 9 nitrogen and oxygen atoms in total. The van der Waals surface area contributed by atoms with E-state index in [4.69, 9.17) is 15.0 Å². The van der Waals surface area contributed by atoms with Crippen LogP contribution in [0.2, 0.25) is 0 Å². The minimum atomic E-state index is -0.737. The van der Waals surface area contributed by atoms with Crippen molar-refractivity contribution in [3.63, 3.8) is 0 Å². The minimum Gasteiger partial charge on any atom is -0.390 e. The van der Waals surface area contributed by atoms with E-state index in [1.54, 1.807) is 11.3 Å². The fourth-order valence-corrected chi connectivity index (χ4v) is 5.90. The number of nitrogens with zero attached hydrogens (tertiary/aromatic N) is 6. The number of hydrogen-bond donors (Lipinski definition) is 3. The van der Waals surface area contributed by atoms with Gasteiger partial charge in [-0.25, -0.2) is 15.0 Å². The van der Waals surface area contributed by atoms with Crippen molar-refractivity contribution in [1.29, 1.82) is 0 Å². The Labute approximate surface area is 226 Å². The lowest BCUT2D eigenvalue weighted by Crippen LogP contribution is -2.31. The molecule has 0 saturated carbocycles. The fourth-order valence-electron chi connectivity index (χ4n) is 4.79. The average Bonchev–Trinajstić information content (AvgIpc) is 3.49. The third-order valence-electron chi connectivity index (χ3n) is 6.91. The van der Waals surface area contributed by atoms with Gasteiger partial charge in [-0.3, -0.25) is 4.98 Å². The zero-order valence-corrected chi connectivity index (χ0v) is 23.3. The summed E-state index contributed by atoms with van der Waals surface area (Å²) in [6.07, 6.45) is 7.51. The fraction of sp³-hybridized carbons (Fsp3) is 0.393. The van der Waals surface area contributed by atoms with Crippen LogP contribution < -0.4 is 10.6 Å². The molecule has 0 radical (unpaired) electrons. The molecular formula is C28H34N8OS. The Hall–Kier alpha value is -3.63. The molecule has 0 aromatic carbocycles. The third kappa shape index (κ3) is 5.46. The molecule has 5 rings (SSSR count). The standard InChI is InChI=1S/C28H34N8OS/c1-6-19(28(4,5)37)10-12-30-25-23(26-34-24-18(3)29-13-11-21(24)38-26)17(2)32-27(35-25)31-15-20-16-36-14-8-7-9-22(36)33-20/h7-9,11,13-14,16,19,37H,6,10,12,15H2,1-5H3,(H2,30,31,32,35). The molecular weight excluding hydrogens is 496 g/mol. The topological polar surface area (TPSA) is 113 Å². The first-order valence-corrected chi connectivity index (χ1v) is 13.8. The van der Waals surface area contributed by atoms with Crippen molar-refractivity contribution < 1.29 is 5.11 Å². The lowest BCUT2D eigenvalue weighted by atomic mass is 9.86. The Morgan fingerprint density at radius 2 is 1.89 bits per heavy atom. The molecule has 3 N–H and O–H groups in total. The molecule has 0 amide bonds. The molecule has 0 fully saturated rings. The quantitative estimate of drug-likeness (QED) is 0.213. The van der Waals surface area contributed by atoms with E-state index in [2.05, 4.69) is 27.5 Å². The first-order chi connectivity index (χ1) is 18.2. The second kappa shape index (κ2) is 10.6. The molecule has 0 aliphatic rings. The van der Waals surface area contributed by atoms with E-state index in [0.717, 1.165) is 62.2 Å². The maximum atomic E-state index is 10.5. The number of rotatable bonds is 10. The predicted molar refractivity (Wildman–Crippen MR) is 154 cm³/mol. The monoisotopic (exact) mass is 530 g/mol. The molecule has 5 aromatic heterocycles. The van der Waals surface area contributed by atoms with Crippen LogP contribution in [0.1, 0.15) is 50.7 Å². The predicted octanol–water partition coefficient (Wildman–Crippen LogP) is 5.62. The lowest BCUT2D eigenvalue weighted by Gasteiger charge is -2.28. The zero-order valence-electron chi connectivity index (χ0n) is 22.5. The summed E-state index contributed by atoms with van der Waals surface area (Å²) >= 11 is 1.62. The van der Waals surface area contributed by atoms with E-state index in [1.807, 2.05) is 75.0 Å². The molecule has 38 heavy (non-hydrogen) atoms. The summed E-state index contributed by atoms with van der Waals surface area (Å²) in [6, 6.07) is 7.93. The lowest BCUT2D eigenvalue weighted by molar-refractivity contribution is 0.0130. The van der Waals surface area contributed by atoms with Crippen LogP contribution in [0, 0.1) is 19.8 Å². The summed E-state index contributed by atoms with van der Waals surface area (Å²) in [5.74, 6) is 1.43. The Balaban J connectivity index is 1.45. The molecule has 5 aromatic rings. The molecule has 1 unspecified atom stereocenters. The summed E-state index contributed by atoms with van der Waals surface area (Å²) in [4.78, 5) is 23.6.